The molecule has 17 heavy (non-hydrogen) atoms. The predicted octanol–water partition coefficient (Wildman–Crippen LogP) is 2.15. The van der Waals surface area contributed by atoms with Crippen LogP contribution in [0.15, 0.2) is 0 Å². The monoisotopic (exact) mass is 238 g/mol. The van der Waals surface area contributed by atoms with Gasteiger partial charge in [0, 0.05) is 25.0 Å². The molecule has 1 aliphatic carbocycles. The smallest absolute Gasteiger partial charge is 0.225 e. The highest BCUT2D eigenvalue weighted by atomic mass is 16.2. The van der Waals surface area contributed by atoms with Gasteiger partial charge in [-0.15, -0.1) is 0 Å². The van der Waals surface area contributed by atoms with Crippen LogP contribution in [0.4, 0.5) is 0 Å². The Morgan fingerprint density at radius 1 is 1.06 bits per heavy atom. The van der Waals surface area contributed by atoms with E-state index >= 15 is 0 Å². The number of amides is 1. The number of hydrogen-bond donors (Lipinski definition) is 1. The molecule has 0 radical (unpaired) electrons. The van der Waals surface area contributed by atoms with Crippen molar-refractivity contribution < 1.29 is 4.79 Å². The maximum absolute atomic E-state index is 12.4. The molecule has 2 aliphatic rings. The normalized spacial score (nSPS) is 32.2. The summed E-state index contributed by atoms with van der Waals surface area (Å²) in [6.45, 7) is 3.79. The minimum absolute atomic E-state index is 0.188. The highest BCUT2D eigenvalue weighted by Crippen LogP contribution is 2.26. The first-order chi connectivity index (χ1) is 8.18. The van der Waals surface area contributed by atoms with Gasteiger partial charge < -0.3 is 10.6 Å². The SMILES string of the molecule is CC1CN(C(=O)C2CCCCCCC2)CC1N. The minimum Gasteiger partial charge on any atom is -0.341 e. The number of carbonyl (C=O) groups excluding carboxylic acids is 1. The molecule has 2 unspecified atom stereocenters. The third-order valence-corrected chi connectivity index (χ3v) is 4.44. The fraction of sp³-hybridized carbons (Fsp3) is 0.929. The number of nitrogens with zero attached hydrogens (tertiary/aromatic N) is 1. The molecular formula is C14H26N2O. The highest BCUT2D eigenvalue weighted by molar-refractivity contribution is 5.79. The van der Waals surface area contributed by atoms with Gasteiger partial charge in [-0.25, -0.2) is 0 Å². The van der Waals surface area contributed by atoms with E-state index in [-0.39, 0.29) is 12.0 Å². The van der Waals surface area contributed by atoms with Crippen molar-refractivity contribution in [2.75, 3.05) is 13.1 Å². The summed E-state index contributed by atoms with van der Waals surface area (Å²) < 4.78 is 0. The Labute approximate surface area is 105 Å². The van der Waals surface area contributed by atoms with Crippen LogP contribution in [0.1, 0.15) is 51.9 Å². The molecular weight excluding hydrogens is 212 g/mol. The molecule has 2 N–H and O–H groups in total. The van der Waals surface area contributed by atoms with Crippen LogP contribution in [0, 0.1) is 11.8 Å². The van der Waals surface area contributed by atoms with Gasteiger partial charge in [0.2, 0.25) is 5.91 Å². The van der Waals surface area contributed by atoms with Crippen molar-refractivity contribution in [3.05, 3.63) is 0 Å². The van der Waals surface area contributed by atoms with Crippen LogP contribution in [-0.4, -0.2) is 29.9 Å². The molecule has 1 amide bonds. The second-order valence-electron chi connectivity index (χ2n) is 5.93. The number of hydrogen-bond acceptors (Lipinski definition) is 2. The molecule has 2 fully saturated rings. The van der Waals surface area contributed by atoms with Crippen LogP contribution in [-0.2, 0) is 4.79 Å². The Balaban J connectivity index is 1.89. The molecule has 3 heteroatoms. The maximum Gasteiger partial charge on any atom is 0.225 e. The summed E-state index contributed by atoms with van der Waals surface area (Å²) in [5.74, 6) is 1.13. The van der Waals surface area contributed by atoms with Crippen LogP contribution in [0.2, 0.25) is 0 Å². The molecule has 2 atom stereocenters. The van der Waals surface area contributed by atoms with Crippen molar-refractivity contribution in [3.63, 3.8) is 0 Å². The van der Waals surface area contributed by atoms with E-state index in [1.807, 2.05) is 4.90 Å². The lowest BCUT2D eigenvalue weighted by Gasteiger charge is -2.24. The lowest BCUT2D eigenvalue weighted by atomic mass is 9.90. The molecule has 0 spiro atoms. The molecule has 98 valence electrons. The number of nitrogens with two attached hydrogens (primary N) is 1. The molecule has 2 rings (SSSR count). The average molecular weight is 238 g/mol. The van der Waals surface area contributed by atoms with Gasteiger partial charge in [-0.1, -0.05) is 39.0 Å². The fourth-order valence-electron chi connectivity index (χ4n) is 3.13. The summed E-state index contributed by atoms with van der Waals surface area (Å²) in [6, 6.07) is 0.188. The fourth-order valence-corrected chi connectivity index (χ4v) is 3.13. The molecule has 1 heterocycles. The summed E-state index contributed by atoms with van der Waals surface area (Å²) in [4.78, 5) is 14.4. The van der Waals surface area contributed by atoms with Gasteiger partial charge in [-0.3, -0.25) is 4.79 Å². The predicted molar refractivity (Wildman–Crippen MR) is 69.5 cm³/mol. The van der Waals surface area contributed by atoms with Crippen molar-refractivity contribution in [2.45, 2.75) is 57.9 Å². The standard InChI is InChI=1S/C14H26N2O/c1-11-9-16(10-13(11)15)14(17)12-7-5-3-2-4-6-8-12/h11-13H,2-10,15H2,1H3. The Morgan fingerprint density at radius 2 is 1.65 bits per heavy atom. The van der Waals surface area contributed by atoms with Crippen LogP contribution in [0.3, 0.4) is 0 Å². The van der Waals surface area contributed by atoms with Gasteiger partial charge >= 0.3 is 0 Å². The van der Waals surface area contributed by atoms with Crippen LogP contribution >= 0.6 is 0 Å². The Hall–Kier alpha value is -0.570. The van der Waals surface area contributed by atoms with E-state index in [1.54, 1.807) is 0 Å². The van der Waals surface area contributed by atoms with Crippen LogP contribution in [0.5, 0.6) is 0 Å². The third kappa shape index (κ3) is 3.21. The molecule has 3 nitrogen and oxygen atoms in total. The van der Waals surface area contributed by atoms with E-state index in [0.29, 0.717) is 11.8 Å². The second kappa shape index (κ2) is 5.85. The Kier molecular flexibility index (Phi) is 4.43. The van der Waals surface area contributed by atoms with E-state index in [4.69, 9.17) is 5.73 Å². The van der Waals surface area contributed by atoms with E-state index in [0.717, 1.165) is 25.9 Å². The first kappa shape index (κ1) is 12.9. The van der Waals surface area contributed by atoms with Gasteiger partial charge in [0.25, 0.3) is 0 Å². The van der Waals surface area contributed by atoms with E-state index in [2.05, 4.69) is 6.92 Å². The second-order valence-corrected chi connectivity index (χ2v) is 5.93. The summed E-state index contributed by atoms with van der Waals surface area (Å²) in [6.07, 6.45) is 8.61. The zero-order valence-corrected chi connectivity index (χ0v) is 11.0. The minimum atomic E-state index is 0.188. The van der Waals surface area contributed by atoms with Gasteiger partial charge in [0.15, 0.2) is 0 Å². The van der Waals surface area contributed by atoms with Crippen molar-refractivity contribution in [1.82, 2.24) is 4.90 Å². The Morgan fingerprint density at radius 3 is 2.18 bits per heavy atom. The average Bonchev–Trinajstić information content (AvgIpc) is 2.58. The molecule has 0 aromatic carbocycles. The Bertz CT molecular complexity index is 249. The molecule has 0 bridgehead atoms. The highest BCUT2D eigenvalue weighted by Gasteiger charge is 2.33. The topological polar surface area (TPSA) is 46.3 Å². The van der Waals surface area contributed by atoms with Gasteiger partial charge in [-0.05, 0) is 18.8 Å². The molecule has 1 aliphatic heterocycles. The summed E-state index contributed by atoms with van der Waals surface area (Å²) in [7, 11) is 0. The first-order valence-corrected chi connectivity index (χ1v) is 7.23. The largest absolute Gasteiger partial charge is 0.341 e. The quantitative estimate of drug-likeness (QED) is 0.761. The zero-order chi connectivity index (χ0) is 12.3. The third-order valence-electron chi connectivity index (χ3n) is 4.44. The lowest BCUT2D eigenvalue weighted by Crippen LogP contribution is -2.36. The summed E-state index contributed by atoms with van der Waals surface area (Å²) in [5, 5.41) is 0. The lowest BCUT2D eigenvalue weighted by molar-refractivity contribution is -0.135. The molecule has 0 aromatic rings. The summed E-state index contributed by atoms with van der Waals surface area (Å²) >= 11 is 0. The van der Waals surface area contributed by atoms with Gasteiger partial charge in [-0.2, -0.15) is 0 Å². The molecule has 1 saturated heterocycles. The number of rotatable bonds is 1. The van der Waals surface area contributed by atoms with Crippen molar-refractivity contribution in [1.29, 1.82) is 0 Å². The molecule has 0 aromatic heterocycles. The molecule has 1 saturated carbocycles. The van der Waals surface area contributed by atoms with Crippen LogP contribution < -0.4 is 5.73 Å². The van der Waals surface area contributed by atoms with E-state index < -0.39 is 0 Å². The maximum atomic E-state index is 12.4. The van der Waals surface area contributed by atoms with Crippen molar-refractivity contribution in [2.24, 2.45) is 17.6 Å². The van der Waals surface area contributed by atoms with Crippen molar-refractivity contribution in [3.8, 4) is 0 Å². The number of likely N-dealkylation sites (tertiary alicyclic amines) is 1. The van der Waals surface area contributed by atoms with E-state index in [1.165, 1.54) is 32.1 Å². The van der Waals surface area contributed by atoms with Gasteiger partial charge in [0.05, 0.1) is 0 Å². The van der Waals surface area contributed by atoms with E-state index in [9.17, 15) is 4.79 Å². The summed E-state index contributed by atoms with van der Waals surface area (Å²) in [5.41, 5.74) is 6.00. The zero-order valence-electron chi connectivity index (χ0n) is 11.0. The number of carbonyl (C=O) groups is 1. The van der Waals surface area contributed by atoms with Crippen molar-refractivity contribution >= 4 is 5.91 Å². The van der Waals surface area contributed by atoms with Crippen LogP contribution in [0.25, 0.3) is 0 Å². The van der Waals surface area contributed by atoms with Gasteiger partial charge in [0.1, 0.15) is 0 Å². The first-order valence-electron chi connectivity index (χ1n) is 7.23.